The first-order valence-corrected chi connectivity index (χ1v) is 10.6. The average Bonchev–Trinajstić information content (AvgIpc) is 3.33. The molecule has 0 unspecified atom stereocenters. The number of nitrogens with one attached hydrogen (secondary N) is 1. The Hall–Kier alpha value is -5.00. The van der Waals surface area contributed by atoms with Gasteiger partial charge in [0.2, 0.25) is 0 Å². The summed E-state index contributed by atoms with van der Waals surface area (Å²) in [4.78, 5) is 40.8. The van der Waals surface area contributed by atoms with Crippen molar-refractivity contribution in [1.29, 1.82) is 0 Å². The molecule has 37 heavy (non-hydrogen) atoms. The number of imidazole rings is 1. The van der Waals surface area contributed by atoms with E-state index in [2.05, 4.69) is 25.3 Å². The molecule has 0 spiro atoms. The first-order chi connectivity index (χ1) is 17.8. The summed E-state index contributed by atoms with van der Waals surface area (Å²) >= 11 is 0. The molecule has 2 aromatic carbocycles. The van der Waals surface area contributed by atoms with Gasteiger partial charge in [-0.05, 0) is 18.2 Å². The van der Waals surface area contributed by atoms with Crippen molar-refractivity contribution in [2.75, 3.05) is 5.32 Å². The fourth-order valence-electron chi connectivity index (χ4n) is 3.77. The van der Waals surface area contributed by atoms with Crippen LogP contribution >= 0.6 is 0 Å². The van der Waals surface area contributed by atoms with Gasteiger partial charge in [-0.15, -0.1) is 0 Å². The van der Waals surface area contributed by atoms with Crippen molar-refractivity contribution in [2.24, 2.45) is 0 Å². The van der Waals surface area contributed by atoms with Gasteiger partial charge < -0.3 is 5.32 Å². The topological polar surface area (TPSA) is 102 Å². The molecular formula is C25H14F4N6O2. The minimum absolute atomic E-state index is 0.0311. The largest absolute Gasteiger partial charge is 0.417 e. The number of hydrogen-bond donors (Lipinski definition) is 1. The highest BCUT2D eigenvalue weighted by atomic mass is 19.4. The lowest BCUT2D eigenvalue weighted by molar-refractivity contribution is -0.137. The van der Waals surface area contributed by atoms with Gasteiger partial charge in [0.1, 0.15) is 23.5 Å². The number of rotatable bonds is 5. The molecule has 0 aliphatic rings. The van der Waals surface area contributed by atoms with Crippen molar-refractivity contribution in [1.82, 2.24) is 24.3 Å². The summed E-state index contributed by atoms with van der Waals surface area (Å²) in [6, 6.07) is 11.0. The molecule has 0 aliphatic carbocycles. The lowest BCUT2D eigenvalue weighted by Gasteiger charge is -2.16. The van der Waals surface area contributed by atoms with E-state index in [9.17, 15) is 27.2 Å². The van der Waals surface area contributed by atoms with Crippen molar-refractivity contribution in [3.05, 3.63) is 96.1 Å². The van der Waals surface area contributed by atoms with Gasteiger partial charge in [-0.1, -0.05) is 30.3 Å². The molecule has 3 heterocycles. The predicted molar refractivity (Wildman–Crippen MR) is 124 cm³/mol. The summed E-state index contributed by atoms with van der Waals surface area (Å²) in [6.45, 7) is 0. The second-order valence-corrected chi connectivity index (χ2v) is 7.73. The van der Waals surface area contributed by atoms with Crippen LogP contribution in [0.25, 0.3) is 28.3 Å². The third-order valence-corrected chi connectivity index (χ3v) is 5.46. The van der Waals surface area contributed by atoms with Crippen LogP contribution in [0, 0.1) is 5.82 Å². The monoisotopic (exact) mass is 506 g/mol. The van der Waals surface area contributed by atoms with Gasteiger partial charge >= 0.3 is 6.18 Å². The molecule has 0 atom stereocenters. The van der Waals surface area contributed by atoms with Gasteiger partial charge in [0.15, 0.2) is 17.8 Å². The molecule has 0 saturated heterocycles. The van der Waals surface area contributed by atoms with Crippen LogP contribution in [0.2, 0.25) is 0 Å². The van der Waals surface area contributed by atoms with Crippen LogP contribution in [-0.2, 0) is 6.18 Å². The van der Waals surface area contributed by atoms with E-state index in [1.807, 2.05) is 0 Å². The molecule has 0 saturated carbocycles. The van der Waals surface area contributed by atoms with Gasteiger partial charge in [-0.3, -0.25) is 14.0 Å². The van der Waals surface area contributed by atoms with E-state index in [0.29, 0.717) is 11.8 Å². The van der Waals surface area contributed by atoms with E-state index in [4.69, 9.17) is 0 Å². The maximum Gasteiger partial charge on any atom is 0.417 e. The number of anilines is 1. The van der Waals surface area contributed by atoms with Gasteiger partial charge in [0, 0.05) is 23.5 Å². The average molecular weight is 506 g/mol. The Morgan fingerprint density at radius 3 is 2.38 bits per heavy atom. The standard InChI is InChI=1S/C25H14F4N6O2/c26-19-10-18(25(27,28)29)16(22-30-7-4-8-31-22)9-17(19)24(37)34-21-20(14-5-2-1-3-6-14)33-13-35-15(12-36)11-32-23(21)35/h1-13H,(H,34,37). The first-order valence-electron chi connectivity index (χ1n) is 10.6. The highest BCUT2D eigenvalue weighted by Crippen LogP contribution is 2.38. The fraction of sp³-hybridized carbons (Fsp3) is 0.0400. The zero-order valence-corrected chi connectivity index (χ0v) is 18.6. The van der Waals surface area contributed by atoms with Crippen LogP contribution in [-0.4, -0.2) is 36.5 Å². The number of aldehydes is 1. The smallest absolute Gasteiger partial charge is 0.317 e. The molecule has 1 N–H and O–H groups in total. The van der Waals surface area contributed by atoms with Gasteiger partial charge in [-0.2, -0.15) is 13.2 Å². The number of nitrogens with zero attached hydrogens (tertiary/aromatic N) is 5. The number of amides is 1. The number of alkyl halides is 3. The molecule has 1 amide bonds. The summed E-state index contributed by atoms with van der Waals surface area (Å²) in [5, 5.41) is 2.52. The first kappa shape index (κ1) is 23.7. The highest BCUT2D eigenvalue weighted by Gasteiger charge is 2.36. The number of fused-ring (bicyclic) bond motifs is 1. The Labute approximate surface area is 205 Å². The van der Waals surface area contributed by atoms with Crippen LogP contribution in [0.15, 0.2) is 73.4 Å². The molecule has 12 heteroatoms. The molecule has 5 rings (SSSR count). The Balaban J connectivity index is 1.66. The summed E-state index contributed by atoms with van der Waals surface area (Å²) < 4.78 is 57.3. The number of hydrogen-bond acceptors (Lipinski definition) is 6. The minimum atomic E-state index is -4.93. The summed E-state index contributed by atoms with van der Waals surface area (Å²) in [6.07, 6.45) is 0.671. The van der Waals surface area contributed by atoms with Crippen LogP contribution < -0.4 is 5.32 Å². The number of halogens is 4. The molecule has 0 fully saturated rings. The quantitative estimate of drug-likeness (QED) is 0.264. The van der Waals surface area contributed by atoms with Crippen LogP contribution in [0.5, 0.6) is 0 Å². The molecular weight excluding hydrogens is 492 g/mol. The maximum atomic E-state index is 14.9. The van der Waals surface area contributed by atoms with E-state index in [0.717, 1.165) is 6.07 Å². The highest BCUT2D eigenvalue weighted by molar-refractivity contribution is 6.09. The van der Waals surface area contributed by atoms with Crippen molar-refractivity contribution < 1.29 is 27.2 Å². The second-order valence-electron chi connectivity index (χ2n) is 7.73. The summed E-state index contributed by atoms with van der Waals surface area (Å²) in [5.74, 6) is -2.80. The lowest BCUT2D eigenvalue weighted by Crippen LogP contribution is -2.18. The summed E-state index contributed by atoms with van der Waals surface area (Å²) in [7, 11) is 0. The van der Waals surface area contributed by atoms with Gasteiger partial charge in [-0.25, -0.2) is 24.3 Å². The third kappa shape index (κ3) is 4.40. The van der Waals surface area contributed by atoms with E-state index >= 15 is 0 Å². The molecule has 184 valence electrons. The normalized spacial score (nSPS) is 11.5. The minimum Gasteiger partial charge on any atom is -0.317 e. The lowest BCUT2D eigenvalue weighted by atomic mass is 10.0. The molecule has 8 nitrogen and oxygen atoms in total. The molecule has 5 aromatic rings. The molecule has 0 radical (unpaired) electrons. The van der Waals surface area contributed by atoms with Gasteiger partial charge in [0.05, 0.1) is 23.0 Å². The van der Waals surface area contributed by atoms with E-state index in [1.54, 1.807) is 30.3 Å². The van der Waals surface area contributed by atoms with E-state index in [-0.39, 0.29) is 34.6 Å². The number of carbonyl (C=O) groups is 2. The third-order valence-electron chi connectivity index (χ3n) is 5.46. The Morgan fingerprint density at radius 1 is 0.973 bits per heavy atom. The predicted octanol–water partition coefficient (Wildman–Crippen LogP) is 5.08. The van der Waals surface area contributed by atoms with Gasteiger partial charge in [0.25, 0.3) is 5.91 Å². The van der Waals surface area contributed by atoms with Crippen molar-refractivity contribution in [3.8, 4) is 22.6 Å². The maximum absolute atomic E-state index is 14.9. The Morgan fingerprint density at radius 2 is 1.70 bits per heavy atom. The van der Waals surface area contributed by atoms with Crippen LogP contribution in [0.3, 0.4) is 0 Å². The zero-order chi connectivity index (χ0) is 26.2. The van der Waals surface area contributed by atoms with E-state index < -0.39 is 34.6 Å². The molecule has 0 aliphatic heterocycles. The molecule has 0 bridgehead atoms. The van der Waals surface area contributed by atoms with Crippen molar-refractivity contribution in [2.45, 2.75) is 6.18 Å². The summed E-state index contributed by atoms with van der Waals surface area (Å²) in [5.41, 5.74) is -1.45. The Bertz CT molecular complexity index is 1640. The number of benzene rings is 2. The van der Waals surface area contributed by atoms with Crippen LogP contribution in [0.1, 0.15) is 26.4 Å². The SMILES string of the molecule is O=Cc1cnc2c(NC(=O)c3cc(-c4ncccn4)c(C(F)(F)F)cc3F)c(-c3ccccc3)ncn12. The van der Waals surface area contributed by atoms with Crippen molar-refractivity contribution in [3.63, 3.8) is 0 Å². The van der Waals surface area contributed by atoms with Crippen molar-refractivity contribution >= 4 is 23.5 Å². The Kier molecular flexibility index (Phi) is 5.91. The fourth-order valence-corrected chi connectivity index (χ4v) is 3.77. The number of carbonyl (C=O) groups excluding carboxylic acids is 2. The number of aromatic nitrogens is 5. The zero-order valence-electron chi connectivity index (χ0n) is 18.6. The second kappa shape index (κ2) is 9.22. The van der Waals surface area contributed by atoms with Crippen LogP contribution in [0.4, 0.5) is 23.2 Å². The molecule has 3 aromatic heterocycles. The van der Waals surface area contributed by atoms with E-state index in [1.165, 1.54) is 35.4 Å².